The van der Waals surface area contributed by atoms with Gasteiger partial charge in [0, 0.05) is 58.7 Å². The lowest BCUT2D eigenvalue weighted by molar-refractivity contribution is -0.313. The Morgan fingerprint density at radius 3 is 1.97 bits per heavy atom. The molecule has 0 radical (unpaired) electrons. The number of rotatable bonds is 10. The molecule has 0 aromatic rings. The van der Waals surface area contributed by atoms with Crippen molar-refractivity contribution < 1.29 is 77.1 Å². The minimum absolute atomic E-state index is 0.0826. The van der Waals surface area contributed by atoms with Gasteiger partial charge in [-0.1, -0.05) is 34.6 Å². The van der Waals surface area contributed by atoms with Crippen LogP contribution in [0.2, 0.25) is 0 Å². The Labute approximate surface area is 344 Å². The molecule has 336 valence electrons. The lowest BCUT2D eigenvalue weighted by Crippen LogP contribution is -2.59. The minimum Gasteiger partial charge on any atom is -0.461 e. The van der Waals surface area contributed by atoms with Crippen LogP contribution in [0.15, 0.2) is 0 Å². The Balaban J connectivity index is 2.24. The fourth-order valence-electron chi connectivity index (χ4n) is 9.20. The normalized spacial score (nSPS) is 44.7. The van der Waals surface area contributed by atoms with E-state index in [2.05, 4.69) is 0 Å². The van der Waals surface area contributed by atoms with Crippen molar-refractivity contribution in [1.82, 2.24) is 0 Å². The molecule has 0 amide bonds. The zero-order valence-corrected chi connectivity index (χ0v) is 37.2. The van der Waals surface area contributed by atoms with Crippen molar-refractivity contribution in [3.05, 3.63) is 0 Å². The second kappa shape index (κ2) is 20.5. The molecule has 0 spiro atoms. The summed E-state index contributed by atoms with van der Waals surface area (Å²) in [5, 5.41) is 34.2. The highest BCUT2D eigenvalue weighted by atomic mass is 16.7. The maximum atomic E-state index is 14.6. The predicted molar refractivity (Wildman–Crippen MR) is 208 cm³/mol. The van der Waals surface area contributed by atoms with Crippen molar-refractivity contribution in [1.29, 1.82) is 0 Å². The zero-order valence-electron chi connectivity index (χ0n) is 37.2. The van der Waals surface area contributed by atoms with Crippen molar-refractivity contribution in [2.75, 3.05) is 14.2 Å². The molecule has 8 unspecified atom stereocenters. The van der Waals surface area contributed by atoms with Gasteiger partial charge < -0.3 is 58.0 Å². The molecule has 0 aromatic heterocycles. The first kappa shape index (κ1) is 50.1. The molecule has 3 aliphatic rings. The minimum atomic E-state index is -1.99. The molecule has 3 rings (SSSR count). The van der Waals surface area contributed by atoms with Gasteiger partial charge in [0.2, 0.25) is 0 Å². The summed E-state index contributed by atoms with van der Waals surface area (Å²) in [6.45, 7) is 20.9. The summed E-state index contributed by atoms with van der Waals surface area (Å²) in [7, 11) is 2.98. The summed E-state index contributed by atoms with van der Waals surface area (Å²) in [5.74, 6) is -7.59. The first-order valence-electron chi connectivity index (χ1n) is 20.7. The van der Waals surface area contributed by atoms with Gasteiger partial charge in [-0.15, -0.1) is 0 Å². The molecule has 58 heavy (non-hydrogen) atoms. The highest BCUT2D eigenvalue weighted by Gasteiger charge is 2.53. The molecule has 3 heterocycles. The molecule has 0 aromatic carbocycles. The van der Waals surface area contributed by atoms with E-state index < -0.39 is 138 Å². The summed E-state index contributed by atoms with van der Waals surface area (Å²) < 4.78 is 55.0. The van der Waals surface area contributed by atoms with Crippen LogP contribution in [-0.4, -0.2) is 138 Å². The number of hydrogen-bond donors (Lipinski definition) is 3. The fourth-order valence-corrected chi connectivity index (χ4v) is 9.20. The van der Waals surface area contributed by atoms with Gasteiger partial charge in [-0.25, -0.2) is 0 Å². The number of aliphatic hydroxyl groups excluding tert-OH is 2. The maximum absolute atomic E-state index is 14.6. The SMILES string of the molecule is COC1CC(C)OC(O[C@@H]2[C@@H](C)[C@H](OC3CC(C)(OC)C(OC(C)=O)C(C)O3)[C@@H](C)C(=O)O[C@H]([C@@H](C)[C@H](C)O)[C@H](C)[C@H](OC(C)=O)[C@@H](C)C(=O)[C@@](C)(O)C[C@@H]2C)C1O. The van der Waals surface area contributed by atoms with Gasteiger partial charge in [-0.2, -0.15) is 0 Å². The number of methoxy groups -OCH3 is 2. The van der Waals surface area contributed by atoms with E-state index in [0.29, 0.717) is 6.42 Å². The van der Waals surface area contributed by atoms with E-state index in [9.17, 15) is 34.5 Å². The van der Waals surface area contributed by atoms with Crippen LogP contribution in [0.3, 0.4) is 0 Å². The zero-order chi connectivity index (χ0) is 44.2. The highest BCUT2D eigenvalue weighted by Crippen LogP contribution is 2.41. The van der Waals surface area contributed by atoms with E-state index in [-0.39, 0.29) is 18.9 Å². The van der Waals surface area contributed by atoms with Crippen LogP contribution in [0, 0.1) is 35.5 Å². The summed E-state index contributed by atoms with van der Waals surface area (Å²) in [5.41, 5.74) is -3.06. The van der Waals surface area contributed by atoms with Crippen molar-refractivity contribution in [2.24, 2.45) is 35.5 Å². The van der Waals surface area contributed by atoms with E-state index in [1.54, 1.807) is 62.3 Å². The summed E-state index contributed by atoms with van der Waals surface area (Å²) >= 11 is 0. The molecule has 16 heteroatoms. The van der Waals surface area contributed by atoms with E-state index in [1.165, 1.54) is 35.0 Å². The smallest absolute Gasteiger partial charge is 0.311 e. The Morgan fingerprint density at radius 2 is 1.43 bits per heavy atom. The molecule has 3 fully saturated rings. The Morgan fingerprint density at radius 1 is 0.828 bits per heavy atom. The van der Waals surface area contributed by atoms with Crippen molar-refractivity contribution >= 4 is 23.7 Å². The van der Waals surface area contributed by atoms with Crippen molar-refractivity contribution in [3.63, 3.8) is 0 Å². The summed E-state index contributed by atoms with van der Waals surface area (Å²) in [4.78, 5) is 53.5. The molecule has 0 bridgehead atoms. The number of ketones is 1. The number of cyclic esters (lactones) is 1. The predicted octanol–water partition coefficient (Wildman–Crippen LogP) is 3.50. The van der Waals surface area contributed by atoms with Gasteiger partial charge in [-0.3, -0.25) is 19.2 Å². The largest absolute Gasteiger partial charge is 0.461 e. The van der Waals surface area contributed by atoms with Crippen LogP contribution in [0.5, 0.6) is 0 Å². The van der Waals surface area contributed by atoms with Crippen LogP contribution in [0.1, 0.15) is 109 Å². The van der Waals surface area contributed by atoms with Crippen molar-refractivity contribution in [2.45, 2.75) is 194 Å². The number of ether oxygens (including phenoxy) is 9. The molecular formula is C42H72O16. The molecule has 16 nitrogen and oxygen atoms in total. The topological polar surface area (TPSA) is 212 Å². The highest BCUT2D eigenvalue weighted by molar-refractivity contribution is 5.89. The molecular weight excluding hydrogens is 760 g/mol. The summed E-state index contributed by atoms with van der Waals surface area (Å²) in [6.07, 6.45) is -10.8. The molecule has 3 N–H and O–H groups in total. The summed E-state index contributed by atoms with van der Waals surface area (Å²) in [6, 6.07) is 0. The van der Waals surface area contributed by atoms with Gasteiger partial charge >= 0.3 is 17.9 Å². The second-order valence-electron chi connectivity index (χ2n) is 17.7. The van der Waals surface area contributed by atoms with E-state index in [4.69, 9.17) is 42.6 Å². The molecule has 3 saturated heterocycles. The first-order chi connectivity index (χ1) is 26.8. The third-order valence-corrected chi connectivity index (χ3v) is 12.7. The number of carbonyl (C=O) groups excluding carboxylic acids is 4. The quantitative estimate of drug-likeness (QED) is 0.212. The van der Waals surface area contributed by atoms with E-state index in [0.717, 1.165) is 0 Å². The number of hydrogen-bond acceptors (Lipinski definition) is 16. The van der Waals surface area contributed by atoms with Gasteiger partial charge in [0.1, 0.15) is 29.5 Å². The standard InChI is InChI=1S/C42H72O16/c1-19-17-41(12,49)37(47)24(6)35(54-28(10)44)23(5)34(21(3)26(8)43)57-39(48)25(7)36(22(4)33(19)58-40-32(46)30(50-14)16-20(2)52-40)56-31-18-42(13,51-15)38(27(9)53-31)55-29(11)45/h19-27,30-36,38,40,43,46,49H,16-18H2,1-15H3/t19-,20?,21-,22+,23-,24+,25+,26-,27?,30?,31?,32?,33-,34+,35-,36-,38?,40?,41-,42?/m0/s1. The first-order valence-corrected chi connectivity index (χ1v) is 20.7. The second-order valence-corrected chi connectivity index (χ2v) is 17.7. The molecule has 0 saturated carbocycles. The van der Waals surface area contributed by atoms with Gasteiger partial charge in [0.15, 0.2) is 24.5 Å². The number of aliphatic hydroxyl groups is 3. The monoisotopic (exact) mass is 832 g/mol. The van der Waals surface area contributed by atoms with Crippen LogP contribution < -0.4 is 0 Å². The van der Waals surface area contributed by atoms with Gasteiger partial charge in [0.25, 0.3) is 0 Å². The van der Waals surface area contributed by atoms with Crippen LogP contribution in [0.25, 0.3) is 0 Å². The molecule has 20 atom stereocenters. The van der Waals surface area contributed by atoms with Crippen LogP contribution >= 0.6 is 0 Å². The average molecular weight is 833 g/mol. The van der Waals surface area contributed by atoms with E-state index >= 15 is 0 Å². The third kappa shape index (κ3) is 11.8. The van der Waals surface area contributed by atoms with Crippen molar-refractivity contribution in [3.8, 4) is 0 Å². The van der Waals surface area contributed by atoms with Crippen LogP contribution in [-0.2, 0) is 61.8 Å². The molecule has 3 aliphatic heterocycles. The number of esters is 3. The van der Waals surface area contributed by atoms with Crippen LogP contribution in [0.4, 0.5) is 0 Å². The number of carbonyl (C=O) groups is 4. The van der Waals surface area contributed by atoms with E-state index in [1.807, 2.05) is 6.92 Å². The third-order valence-electron chi connectivity index (χ3n) is 12.7. The Bertz CT molecular complexity index is 1390. The van der Waals surface area contributed by atoms with Gasteiger partial charge in [0.05, 0.1) is 48.5 Å². The fraction of sp³-hybridized carbons (Fsp3) is 0.905. The maximum Gasteiger partial charge on any atom is 0.311 e. The average Bonchev–Trinajstić information content (AvgIpc) is 3.13. The van der Waals surface area contributed by atoms with Gasteiger partial charge in [-0.05, 0) is 53.9 Å². The Kier molecular flexibility index (Phi) is 17.7. The number of Topliss-reactive ketones (excluding diaryl/α,β-unsaturated/α-hetero) is 1. The molecule has 0 aliphatic carbocycles. The Hall–Kier alpha value is -2.28. The lowest BCUT2D eigenvalue weighted by Gasteiger charge is -2.48. The lowest BCUT2D eigenvalue weighted by atomic mass is 9.74.